The van der Waals surface area contributed by atoms with E-state index in [4.69, 9.17) is 0 Å². The van der Waals surface area contributed by atoms with Gasteiger partial charge in [0.05, 0.1) is 6.10 Å². The molecular formula is C31H41F5O3. The number of aromatic hydroxyl groups is 2. The van der Waals surface area contributed by atoms with Crippen molar-refractivity contribution in [1.29, 1.82) is 0 Å². The first-order valence-electron chi connectivity index (χ1n) is 14.2. The van der Waals surface area contributed by atoms with Gasteiger partial charge in [0, 0.05) is 6.42 Å². The lowest BCUT2D eigenvalue weighted by Gasteiger charge is -2.21. The second kappa shape index (κ2) is 14.3. The molecule has 0 bridgehead atoms. The predicted octanol–water partition coefficient (Wildman–Crippen LogP) is 9.15. The summed E-state index contributed by atoms with van der Waals surface area (Å²) in [4.78, 5) is 0. The number of phenolic OH excluding ortho intramolecular Hbond substituents is 2. The van der Waals surface area contributed by atoms with Gasteiger partial charge in [-0.3, -0.25) is 0 Å². The van der Waals surface area contributed by atoms with Gasteiger partial charge in [0.15, 0.2) is 0 Å². The van der Waals surface area contributed by atoms with Gasteiger partial charge in [-0.2, -0.15) is 22.0 Å². The zero-order valence-electron chi connectivity index (χ0n) is 22.4. The van der Waals surface area contributed by atoms with Crippen LogP contribution in [-0.2, 0) is 6.42 Å². The fraction of sp³-hybridized carbons (Fsp3) is 0.613. The normalized spacial score (nSPS) is 18.3. The lowest BCUT2D eigenvalue weighted by Crippen LogP contribution is -2.36. The van der Waals surface area contributed by atoms with Gasteiger partial charge in [-0.05, 0) is 84.9 Å². The summed E-state index contributed by atoms with van der Waals surface area (Å²) in [6.07, 6.45) is 2.54. The van der Waals surface area contributed by atoms with Gasteiger partial charge in [-0.15, -0.1) is 0 Å². The van der Waals surface area contributed by atoms with E-state index < -0.39 is 24.6 Å². The highest BCUT2D eigenvalue weighted by molar-refractivity contribution is 5.45. The van der Waals surface area contributed by atoms with Gasteiger partial charge in [0.2, 0.25) is 0 Å². The molecule has 2 aromatic rings. The molecule has 2 aromatic carbocycles. The van der Waals surface area contributed by atoms with Crippen LogP contribution in [0.15, 0.2) is 42.5 Å². The van der Waals surface area contributed by atoms with E-state index in [0.29, 0.717) is 18.3 Å². The van der Waals surface area contributed by atoms with Crippen molar-refractivity contribution in [2.75, 3.05) is 0 Å². The number of unbranched alkanes of at least 4 members (excludes halogenated alkanes) is 7. The van der Waals surface area contributed by atoms with Crippen molar-refractivity contribution in [3.05, 3.63) is 59.2 Å². The molecule has 0 saturated carbocycles. The molecule has 3 N–H and O–H groups in total. The Balaban J connectivity index is 1.28. The van der Waals surface area contributed by atoms with Gasteiger partial charge in [0.25, 0.3) is 0 Å². The van der Waals surface area contributed by atoms with Crippen molar-refractivity contribution in [3.8, 4) is 11.5 Å². The molecule has 0 fully saturated rings. The van der Waals surface area contributed by atoms with E-state index in [2.05, 4.69) is 0 Å². The Hall–Kier alpha value is -2.35. The van der Waals surface area contributed by atoms with E-state index in [0.717, 1.165) is 57.8 Å². The summed E-state index contributed by atoms with van der Waals surface area (Å²) in [7, 11) is 0. The van der Waals surface area contributed by atoms with Crippen LogP contribution in [0.3, 0.4) is 0 Å². The first-order chi connectivity index (χ1) is 18.5. The van der Waals surface area contributed by atoms with E-state index in [1.807, 2.05) is 24.3 Å². The zero-order chi connectivity index (χ0) is 28.5. The molecule has 0 spiro atoms. The van der Waals surface area contributed by atoms with Crippen LogP contribution >= 0.6 is 0 Å². The molecule has 3 atom stereocenters. The Morgan fingerprint density at radius 1 is 0.718 bits per heavy atom. The number of rotatable bonds is 16. The highest BCUT2D eigenvalue weighted by Gasteiger charge is 2.56. The summed E-state index contributed by atoms with van der Waals surface area (Å²) in [6.45, 7) is 0. The largest absolute Gasteiger partial charge is 0.508 e. The van der Waals surface area contributed by atoms with E-state index in [1.54, 1.807) is 18.2 Å². The average Bonchev–Trinajstić information content (AvgIpc) is 3.22. The second-order valence-electron chi connectivity index (χ2n) is 11.0. The maximum absolute atomic E-state index is 12.9. The van der Waals surface area contributed by atoms with Crippen molar-refractivity contribution in [2.24, 2.45) is 0 Å². The van der Waals surface area contributed by atoms with Crippen molar-refractivity contribution in [2.45, 2.75) is 120 Å². The molecule has 1 aliphatic rings. The Morgan fingerprint density at radius 2 is 1.28 bits per heavy atom. The fourth-order valence-electron chi connectivity index (χ4n) is 5.80. The molecule has 0 saturated heterocycles. The Kier molecular flexibility index (Phi) is 11.5. The van der Waals surface area contributed by atoms with E-state index >= 15 is 0 Å². The van der Waals surface area contributed by atoms with E-state index in [1.165, 1.54) is 16.7 Å². The maximum Gasteiger partial charge on any atom is 0.453 e. The van der Waals surface area contributed by atoms with Gasteiger partial charge in [-0.25, -0.2) is 0 Å². The maximum atomic E-state index is 12.9. The molecule has 0 heterocycles. The van der Waals surface area contributed by atoms with Crippen LogP contribution in [0.2, 0.25) is 0 Å². The van der Waals surface area contributed by atoms with E-state index in [-0.39, 0.29) is 30.8 Å². The van der Waals surface area contributed by atoms with Crippen molar-refractivity contribution < 1.29 is 37.3 Å². The molecule has 3 unspecified atom stereocenters. The molecule has 1 aliphatic carbocycles. The Bertz CT molecular complexity index is 1010. The number of halogens is 5. The summed E-state index contributed by atoms with van der Waals surface area (Å²) >= 11 is 0. The number of phenols is 2. The van der Waals surface area contributed by atoms with Crippen LogP contribution in [-0.4, -0.2) is 33.5 Å². The van der Waals surface area contributed by atoms with Crippen LogP contribution < -0.4 is 0 Å². The molecule has 0 aromatic heterocycles. The van der Waals surface area contributed by atoms with Gasteiger partial charge in [-0.1, -0.05) is 69.6 Å². The van der Waals surface area contributed by atoms with Crippen molar-refractivity contribution in [3.63, 3.8) is 0 Å². The number of benzene rings is 2. The van der Waals surface area contributed by atoms with Crippen molar-refractivity contribution >= 4 is 0 Å². The van der Waals surface area contributed by atoms with Crippen LogP contribution in [0.5, 0.6) is 11.5 Å². The molecule has 8 heteroatoms. The molecule has 0 aliphatic heterocycles. The minimum absolute atomic E-state index is 0.160. The number of alkyl halides is 5. The minimum atomic E-state index is -5.51. The summed E-state index contributed by atoms with van der Waals surface area (Å²) in [6, 6.07) is 13.1. The lowest BCUT2D eigenvalue weighted by molar-refractivity contribution is -0.284. The molecular weight excluding hydrogens is 515 g/mol. The average molecular weight is 557 g/mol. The number of hydrogen-bond donors (Lipinski definition) is 3. The van der Waals surface area contributed by atoms with Crippen LogP contribution in [0, 0.1) is 0 Å². The van der Waals surface area contributed by atoms with Gasteiger partial charge in [0.1, 0.15) is 11.5 Å². The molecule has 3 nitrogen and oxygen atoms in total. The van der Waals surface area contributed by atoms with Crippen molar-refractivity contribution in [1.82, 2.24) is 0 Å². The number of aliphatic hydroxyl groups excluding tert-OH is 1. The van der Waals surface area contributed by atoms with Gasteiger partial charge < -0.3 is 15.3 Å². The number of hydrogen-bond acceptors (Lipinski definition) is 3. The predicted molar refractivity (Wildman–Crippen MR) is 142 cm³/mol. The highest BCUT2D eigenvalue weighted by Crippen LogP contribution is 2.47. The highest BCUT2D eigenvalue weighted by atomic mass is 19.4. The third-order valence-electron chi connectivity index (χ3n) is 8.02. The Morgan fingerprint density at radius 3 is 1.92 bits per heavy atom. The third kappa shape index (κ3) is 9.37. The fourth-order valence-corrected chi connectivity index (χ4v) is 5.80. The summed E-state index contributed by atoms with van der Waals surface area (Å²) in [5.41, 5.74) is 3.70. The molecule has 0 amide bonds. The second-order valence-corrected chi connectivity index (χ2v) is 11.0. The summed E-state index contributed by atoms with van der Waals surface area (Å²) < 4.78 is 62.3. The summed E-state index contributed by atoms with van der Waals surface area (Å²) in [5.74, 6) is -3.40. The third-order valence-corrected chi connectivity index (χ3v) is 8.02. The lowest BCUT2D eigenvalue weighted by atomic mass is 9.83. The number of fused-ring (bicyclic) bond motifs is 1. The zero-order valence-corrected chi connectivity index (χ0v) is 22.4. The smallest absolute Gasteiger partial charge is 0.453 e. The molecule has 0 radical (unpaired) electrons. The quantitative estimate of drug-likeness (QED) is 0.143. The first-order valence-corrected chi connectivity index (χ1v) is 14.2. The molecule has 3 rings (SSSR count). The topological polar surface area (TPSA) is 60.7 Å². The van der Waals surface area contributed by atoms with Crippen LogP contribution in [0.1, 0.15) is 112 Å². The SMILES string of the molecule is Oc1ccc(C2Cc3cc(O)ccc3C2CCCCCCCCCC(O)CCCCC(F)(F)C(F)(F)F)cc1. The Labute approximate surface area is 228 Å². The summed E-state index contributed by atoms with van der Waals surface area (Å²) in [5, 5.41) is 29.6. The monoisotopic (exact) mass is 556 g/mol. The molecule has 39 heavy (non-hydrogen) atoms. The van der Waals surface area contributed by atoms with Gasteiger partial charge >= 0.3 is 12.1 Å². The first kappa shape index (κ1) is 31.2. The van der Waals surface area contributed by atoms with E-state index in [9.17, 15) is 37.3 Å². The number of aliphatic hydroxyl groups is 1. The van der Waals surface area contributed by atoms with Crippen LogP contribution in [0.25, 0.3) is 0 Å². The standard InChI is InChI=1S/C31H41F5O3/c32-30(33,31(34,35)36)19-9-8-11-24(37)10-6-4-2-1-3-5-7-12-28-27-18-17-26(39)20-23(27)21-29(28)22-13-15-25(38)16-14-22/h13-18,20,24,28-29,37-39H,1-12,19,21H2. The molecule has 218 valence electrons. The van der Waals surface area contributed by atoms with Crippen LogP contribution in [0.4, 0.5) is 22.0 Å². The minimum Gasteiger partial charge on any atom is -0.508 e.